The van der Waals surface area contributed by atoms with Gasteiger partial charge in [-0.3, -0.25) is 9.59 Å². The van der Waals surface area contributed by atoms with Crippen LogP contribution < -0.4 is 14.4 Å². The standard InChI is InChI=1S/C23H25NO5/c1-5-27-19-13-17-18(14-20(19)28-6-2)24(15(4)25)23(26)21(17)22(29-7-3)16-11-9-8-10-12-16/h8-14H,5-7H2,1-4H3/b22-21+. The Morgan fingerprint density at radius 2 is 1.55 bits per heavy atom. The Balaban J connectivity index is 2.32. The molecule has 0 aliphatic carbocycles. The molecule has 2 amide bonds. The highest BCUT2D eigenvalue weighted by atomic mass is 16.5. The second-order valence-electron chi connectivity index (χ2n) is 6.34. The molecule has 0 atom stereocenters. The molecule has 0 spiro atoms. The maximum Gasteiger partial charge on any atom is 0.269 e. The molecule has 0 aromatic heterocycles. The van der Waals surface area contributed by atoms with Crippen LogP contribution in [0.15, 0.2) is 42.5 Å². The Bertz CT molecular complexity index is 949. The lowest BCUT2D eigenvalue weighted by Crippen LogP contribution is -2.31. The van der Waals surface area contributed by atoms with E-state index in [1.165, 1.54) is 6.92 Å². The van der Waals surface area contributed by atoms with Crippen molar-refractivity contribution in [3.8, 4) is 11.5 Å². The number of amides is 2. The summed E-state index contributed by atoms with van der Waals surface area (Å²) in [4.78, 5) is 26.8. The second kappa shape index (κ2) is 8.82. The fourth-order valence-corrected chi connectivity index (χ4v) is 3.37. The van der Waals surface area contributed by atoms with Gasteiger partial charge in [-0.15, -0.1) is 0 Å². The molecule has 0 saturated heterocycles. The third kappa shape index (κ3) is 3.83. The summed E-state index contributed by atoms with van der Waals surface area (Å²) in [5.41, 5.74) is 2.16. The Labute approximate surface area is 170 Å². The first-order valence-electron chi connectivity index (χ1n) is 9.74. The molecule has 0 bridgehead atoms. The molecule has 1 heterocycles. The topological polar surface area (TPSA) is 65.1 Å². The SMILES string of the molecule is CCO/C(=C1/C(=O)N(C(C)=O)c2cc(OCC)c(OCC)cc21)c1ccccc1. The number of anilines is 1. The second-order valence-corrected chi connectivity index (χ2v) is 6.34. The van der Waals surface area contributed by atoms with Crippen molar-refractivity contribution in [2.24, 2.45) is 0 Å². The molecule has 0 saturated carbocycles. The Morgan fingerprint density at radius 3 is 2.10 bits per heavy atom. The van der Waals surface area contributed by atoms with Gasteiger partial charge in [0.05, 0.1) is 31.1 Å². The van der Waals surface area contributed by atoms with Crippen LogP contribution in [0.1, 0.15) is 38.8 Å². The predicted octanol–water partition coefficient (Wildman–Crippen LogP) is 4.28. The highest BCUT2D eigenvalue weighted by Crippen LogP contribution is 2.46. The third-order valence-corrected chi connectivity index (χ3v) is 4.46. The molecule has 3 rings (SSSR count). The summed E-state index contributed by atoms with van der Waals surface area (Å²) < 4.78 is 17.3. The van der Waals surface area contributed by atoms with Gasteiger partial charge in [-0.2, -0.15) is 0 Å². The number of nitrogens with zero attached hydrogens (tertiary/aromatic N) is 1. The average Bonchev–Trinajstić information content (AvgIpc) is 2.98. The molecule has 29 heavy (non-hydrogen) atoms. The van der Waals surface area contributed by atoms with Crippen LogP contribution >= 0.6 is 0 Å². The summed E-state index contributed by atoms with van der Waals surface area (Å²) in [6.45, 7) is 8.22. The largest absolute Gasteiger partial charge is 0.492 e. The number of carbonyl (C=O) groups excluding carboxylic acids is 2. The van der Waals surface area contributed by atoms with Gasteiger partial charge in [0.1, 0.15) is 5.76 Å². The van der Waals surface area contributed by atoms with Crippen LogP contribution in [0.25, 0.3) is 11.3 Å². The van der Waals surface area contributed by atoms with Crippen LogP contribution in [-0.2, 0) is 14.3 Å². The molecule has 1 aliphatic rings. The van der Waals surface area contributed by atoms with E-state index in [0.29, 0.717) is 53.9 Å². The van der Waals surface area contributed by atoms with Crippen molar-refractivity contribution in [3.05, 3.63) is 53.6 Å². The highest BCUT2D eigenvalue weighted by Gasteiger charge is 2.39. The first kappa shape index (κ1) is 20.5. The Kier molecular flexibility index (Phi) is 6.22. The molecule has 6 nitrogen and oxygen atoms in total. The number of hydrogen-bond donors (Lipinski definition) is 0. The van der Waals surface area contributed by atoms with Gasteiger partial charge in [0.25, 0.3) is 5.91 Å². The maximum absolute atomic E-state index is 13.3. The molecule has 2 aromatic carbocycles. The Morgan fingerprint density at radius 1 is 0.931 bits per heavy atom. The maximum atomic E-state index is 13.3. The van der Waals surface area contributed by atoms with Gasteiger partial charge in [-0.25, -0.2) is 4.90 Å². The minimum Gasteiger partial charge on any atom is -0.492 e. The van der Waals surface area contributed by atoms with E-state index >= 15 is 0 Å². The van der Waals surface area contributed by atoms with Crippen LogP contribution in [0.2, 0.25) is 0 Å². The van der Waals surface area contributed by atoms with Crippen molar-refractivity contribution >= 4 is 28.8 Å². The van der Waals surface area contributed by atoms with E-state index in [-0.39, 0.29) is 5.91 Å². The van der Waals surface area contributed by atoms with Gasteiger partial charge >= 0.3 is 0 Å². The Hall–Kier alpha value is -3.28. The minimum atomic E-state index is -0.420. The number of carbonyl (C=O) groups is 2. The number of rotatable bonds is 7. The molecular weight excluding hydrogens is 370 g/mol. The van der Waals surface area contributed by atoms with Gasteiger partial charge in [-0.05, 0) is 26.8 Å². The number of imide groups is 1. The molecule has 1 aliphatic heterocycles. The summed E-state index contributed by atoms with van der Waals surface area (Å²) in [6.07, 6.45) is 0. The first-order chi connectivity index (χ1) is 14.0. The molecular formula is C23H25NO5. The van der Waals surface area contributed by atoms with Crippen molar-refractivity contribution in [1.82, 2.24) is 0 Å². The first-order valence-corrected chi connectivity index (χ1v) is 9.74. The summed E-state index contributed by atoms with van der Waals surface area (Å²) >= 11 is 0. The summed E-state index contributed by atoms with van der Waals surface area (Å²) in [5.74, 6) is 0.658. The minimum absolute atomic E-state index is 0.340. The highest BCUT2D eigenvalue weighted by molar-refractivity contribution is 6.43. The summed E-state index contributed by atoms with van der Waals surface area (Å²) in [7, 11) is 0. The molecule has 2 aromatic rings. The van der Waals surface area contributed by atoms with E-state index in [9.17, 15) is 9.59 Å². The fourth-order valence-electron chi connectivity index (χ4n) is 3.37. The number of benzene rings is 2. The van der Waals surface area contributed by atoms with E-state index in [4.69, 9.17) is 14.2 Å². The predicted molar refractivity (Wildman–Crippen MR) is 112 cm³/mol. The van der Waals surface area contributed by atoms with Crippen LogP contribution in [0.3, 0.4) is 0 Å². The lowest BCUT2D eigenvalue weighted by Gasteiger charge is -2.16. The van der Waals surface area contributed by atoms with Crippen molar-refractivity contribution in [2.75, 3.05) is 24.7 Å². The lowest BCUT2D eigenvalue weighted by atomic mass is 10.0. The fraction of sp³-hybridized carbons (Fsp3) is 0.304. The molecule has 0 unspecified atom stereocenters. The quantitative estimate of drug-likeness (QED) is 0.517. The molecule has 0 N–H and O–H groups in total. The van der Waals surface area contributed by atoms with Crippen LogP contribution in [0.4, 0.5) is 5.69 Å². The van der Waals surface area contributed by atoms with Crippen molar-refractivity contribution < 1.29 is 23.8 Å². The average molecular weight is 395 g/mol. The van der Waals surface area contributed by atoms with Crippen molar-refractivity contribution in [1.29, 1.82) is 0 Å². The van der Waals surface area contributed by atoms with Crippen LogP contribution in [0.5, 0.6) is 11.5 Å². The molecule has 6 heteroatoms. The smallest absolute Gasteiger partial charge is 0.269 e. The van der Waals surface area contributed by atoms with Gasteiger partial charge in [0.2, 0.25) is 5.91 Å². The zero-order valence-electron chi connectivity index (χ0n) is 17.2. The zero-order chi connectivity index (χ0) is 21.0. The zero-order valence-corrected chi connectivity index (χ0v) is 17.2. The number of hydrogen-bond acceptors (Lipinski definition) is 5. The monoisotopic (exact) mass is 395 g/mol. The molecule has 152 valence electrons. The van der Waals surface area contributed by atoms with E-state index in [1.54, 1.807) is 12.1 Å². The van der Waals surface area contributed by atoms with E-state index in [1.807, 2.05) is 51.1 Å². The number of fused-ring (bicyclic) bond motifs is 1. The van der Waals surface area contributed by atoms with Crippen LogP contribution in [-0.4, -0.2) is 31.6 Å². The van der Waals surface area contributed by atoms with Gasteiger partial charge in [0, 0.05) is 24.1 Å². The van der Waals surface area contributed by atoms with Gasteiger partial charge < -0.3 is 14.2 Å². The third-order valence-electron chi connectivity index (χ3n) is 4.46. The van der Waals surface area contributed by atoms with E-state index in [0.717, 1.165) is 10.5 Å². The van der Waals surface area contributed by atoms with E-state index < -0.39 is 5.91 Å². The normalized spacial score (nSPS) is 14.5. The summed E-state index contributed by atoms with van der Waals surface area (Å²) in [6, 6.07) is 12.8. The number of ether oxygens (including phenoxy) is 3. The molecule has 0 fully saturated rings. The van der Waals surface area contributed by atoms with Crippen LogP contribution in [0, 0.1) is 0 Å². The summed E-state index contributed by atoms with van der Waals surface area (Å²) in [5, 5.41) is 0. The molecule has 0 radical (unpaired) electrons. The van der Waals surface area contributed by atoms with E-state index in [2.05, 4.69) is 0 Å². The van der Waals surface area contributed by atoms with Gasteiger partial charge in [0.15, 0.2) is 11.5 Å². The van der Waals surface area contributed by atoms with Crippen molar-refractivity contribution in [3.63, 3.8) is 0 Å². The van der Waals surface area contributed by atoms with Gasteiger partial charge in [-0.1, -0.05) is 30.3 Å². The van der Waals surface area contributed by atoms with Crippen molar-refractivity contribution in [2.45, 2.75) is 27.7 Å². The lowest BCUT2D eigenvalue weighted by molar-refractivity contribution is -0.122.